The normalized spacial score (nSPS) is 32.4. The third kappa shape index (κ3) is 3.16. The first-order valence-corrected chi connectivity index (χ1v) is 7.12. The number of thioether (sulfide) groups is 1. The van der Waals surface area contributed by atoms with E-state index in [4.69, 9.17) is 0 Å². The zero-order valence-corrected chi connectivity index (χ0v) is 11.9. The van der Waals surface area contributed by atoms with Gasteiger partial charge in [-0.05, 0) is 23.7 Å². The Hall–Kier alpha value is -0.180. The van der Waals surface area contributed by atoms with E-state index in [2.05, 4.69) is 44.9 Å². The van der Waals surface area contributed by atoms with Gasteiger partial charge in [0.25, 0.3) is 0 Å². The summed E-state index contributed by atoms with van der Waals surface area (Å²) in [4.78, 5) is 4.62. The van der Waals surface area contributed by atoms with Crippen molar-refractivity contribution < 1.29 is 0 Å². The van der Waals surface area contributed by atoms with Crippen LogP contribution in [0, 0.1) is 10.8 Å². The Morgan fingerprint density at radius 1 is 1.44 bits per heavy atom. The summed E-state index contributed by atoms with van der Waals surface area (Å²) in [6.45, 7) is 12.6. The molecule has 1 saturated carbocycles. The van der Waals surface area contributed by atoms with Gasteiger partial charge >= 0.3 is 0 Å². The molecule has 0 amide bonds. The number of hydrogen-bond donors (Lipinski definition) is 1. The number of amidine groups is 1. The molecule has 2 nitrogen and oxygen atoms in total. The fourth-order valence-corrected chi connectivity index (χ4v) is 3.56. The topological polar surface area (TPSA) is 24.4 Å². The van der Waals surface area contributed by atoms with Crippen LogP contribution in [0.4, 0.5) is 0 Å². The van der Waals surface area contributed by atoms with Crippen LogP contribution in [0.1, 0.15) is 47.5 Å². The van der Waals surface area contributed by atoms with Crippen molar-refractivity contribution in [1.29, 1.82) is 0 Å². The maximum Gasteiger partial charge on any atom is 0.157 e. The molecule has 0 aromatic heterocycles. The number of nitrogens with one attached hydrogen (secondary N) is 1. The highest BCUT2D eigenvalue weighted by Gasteiger charge is 2.46. The molecular formula is C13H24N2S. The zero-order valence-electron chi connectivity index (χ0n) is 11.1. The van der Waals surface area contributed by atoms with Crippen LogP contribution in [-0.2, 0) is 0 Å². The van der Waals surface area contributed by atoms with Crippen LogP contribution in [-0.4, -0.2) is 23.0 Å². The second kappa shape index (κ2) is 3.94. The lowest BCUT2D eigenvalue weighted by molar-refractivity contribution is 0.375. The van der Waals surface area contributed by atoms with Gasteiger partial charge in [0.1, 0.15) is 0 Å². The summed E-state index contributed by atoms with van der Waals surface area (Å²) in [5.74, 6) is 0. The molecule has 2 aliphatic rings. The second-order valence-electron chi connectivity index (χ2n) is 7.04. The smallest absolute Gasteiger partial charge is 0.157 e. The minimum absolute atomic E-state index is 0.418. The maximum atomic E-state index is 4.62. The Morgan fingerprint density at radius 3 is 2.56 bits per heavy atom. The molecule has 1 heterocycles. The van der Waals surface area contributed by atoms with Gasteiger partial charge in [-0.25, -0.2) is 0 Å². The van der Waals surface area contributed by atoms with Crippen molar-refractivity contribution in [3.05, 3.63) is 0 Å². The minimum atomic E-state index is 0.418. The largest absolute Gasteiger partial charge is 0.362 e. The summed E-state index contributed by atoms with van der Waals surface area (Å²) in [5.41, 5.74) is 0.909. The lowest BCUT2D eigenvalue weighted by atomic mass is 9.90. The van der Waals surface area contributed by atoms with Crippen LogP contribution < -0.4 is 5.32 Å². The Bertz CT molecular complexity index is 302. The van der Waals surface area contributed by atoms with Crippen molar-refractivity contribution in [2.75, 3.05) is 6.54 Å². The molecule has 1 fully saturated rings. The second-order valence-corrected chi connectivity index (χ2v) is 8.33. The molecule has 1 aliphatic carbocycles. The van der Waals surface area contributed by atoms with Crippen molar-refractivity contribution in [2.24, 2.45) is 15.8 Å². The quantitative estimate of drug-likeness (QED) is 0.801. The molecule has 1 aliphatic heterocycles. The zero-order chi connectivity index (χ0) is 12.0. The monoisotopic (exact) mass is 240 g/mol. The first-order chi connectivity index (χ1) is 7.26. The summed E-state index contributed by atoms with van der Waals surface area (Å²) in [6, 6.07) is 0.659. The highest BCUT2D eigenvalue weighted by atomic mass is 32.2. The molecule has 0 aromatic carbocycles. The van der Waals surface area contributed by atoms with E-state index in [-0.39, 0.29) is 0 Å². The Kier molecular flexibility index (Phi) is 3.02. The van der Waals surface area contributed by atoms with Gasteiger partial charge < -0.3 is 5.32 Å². The standard InChI is InChI=1S/C13H24N2S/c1-12(2,3)6-9-8-14-11(16-9)15-10-7-13(10,4)5/h9-10H,6-8H2,1-5H3,(H,14,15). The van der Waals surface area contributed by atoms with Gasteiger partial charge in [-0.3, -0.25) is 4.99 Å². The summed E-state index contributed by atoms with van der Waals surface area (Å²) < 4.78 is 0. The highest BCUT2D eigenvalue weighted by Crippen LogP contribution is 2.45. The van der Waals surface area contributed by atoms with Gasteiger partial charge in [-0.15, -0.1) is 0 Å². The number of rotatable bonds is 2. The average Bonchev–Trinajstić information content (AvgIpc) is 2.53. The molecular weight excluding hydrogens is 216 g/mol. The van der Waals surface area contributed by atoms with Crippen molar-refractivity contribution >= 4 is 16.9 Å². The Labute approximate surface area is 104 Å². The molecule has 2 unspecified atom stereocenters. The van der Waals surface area contributed by atoms with Crippen LogP contribution in [0.2, 0.25) is 0 Å². The molecule has 92 valence electrons. The molecule has 0 saturated heterocycles. The van der Waals surface area contributed by atoms with E-state index < -0.39 is 0 Å². The fraction of sp³-hybridized carbons (Fsp3) is 0.923. The average molecular weight is 240 g/mol. The summed E-state index contributed by atoms with van der Waals surface area (Å²) in [5, 5.41) is 5.44. The van der Waals surface area contributed by atoms with E-state index in [0.717, 1.165) is 6.54 Å². The van der Waals surface area contributed by atoms with Gasteiger partial charge in [0.15, 0.2) is 5.17 Å². The molecule has 0 spiro atoms. The molecule has 16 heavy (non-hydrogen) atoms. The predicted octanol–water partition coefficient (Wildman–Crippen LogP) is 3.28. The van der Waals surface area contributed by atoms with E-state index in [1.807, 2.05) is 11.8 Å². The number of nitrogens with zero attached hydrogens (tertiary/aromatic N) is 1. The first kappa shape index (κ1) is 12.3. The molecule has 2 atom stereocenters. The number of hydrogen-bond acceptors (Lipinski definition) is 3. The van der Waals surface area contributed by atoms with Crippen LogP contribution in [0.3, 0.4) is 0 Å². The fourth-order valence-electron chi connectivity index (χ4n) is 2.15. The molecule has 1 N–H and O–H groups in total. The lowest BCUT2D eigenvalue weighted by Gasteiger charge is -2.21. The molecule has 0 radical (unpaired) electrons. The van der Waals surface area contributed by atoms with Gasteiger partial charge in [0.05, 0.1) is 6.54 Å². The van der Waals surface area contributed by atoms with E-state index in [0.29, 0.717) is 22.1 Å². The molecule has 2 rings (SSSR count). The SMILES string of the molecule is CC(C)(C)CC1CN=C(NC2CC2(C)C)S1. The van der Waals surface area contributed by atoms with E-state index in [1.165, 1.54) is 18.0 Å². The molecule has 0 bridgehead atoms. The van der Waals surface area contributed by atoms with Gasteiger partial charge in [-0.2, -0.15) is 0 Å². The van der Waals surface area contributed by atoms with Crippen LogP contribution in [0.15, 0.2) is 4.99 Å². The van der Waals surface area contributed by atoms with Crippen molar-refractivity contribution in [3.8, 4) is 0 Å². The Morgan fingerprint density at radius 2 is 2.06 bits per heavy atom. The van der Waals surface area contributed by atoms with Gasteiger partial charge in [-0.1, -0.05) is 46.4 Å². The number of aliphatic imine (C=N–C) groups is 1. The predicted molar refractivity (Wildman–Crippen MR) is 73.1 cm³/mol. The van der Waals surface area contributed by atoms with Gasteiger partial charge in [0.2, 0.25) is 0 Å². The lowest BCUT2D eigenvalue weighted by Crippen LogP contribution is -2.25. The Balaban J connectivity index is 1.75. The van der Waals surface area contributed by atoms with Crippen molar-refractivity contribution in [2.45, 2.75) is 58.8 Å². The summed E-state index contributed by atoms with van der Waals surface area (Å²) in [6.07, 6.45) is 2.54. The molecule has 0 aromatic rings. The van der Waals surface area contributed by atoms with E-state index >= 15 is 0 Å². The van der Waals surface area contributed by atoms with Crippen molar-refractivity contribution in [1.82, 2.24) is 5.32 Å². The van der Waals surface area contributed by atoms with Crippen molar-refractivity contribution in [3.63, 3.8) is 0 Å². The molecule has 3 heteroatoms. The van der Waals surface area contributed by atoms with E-state index in [9.17, 15) is 0 Å². The maximum absolute atomic E-state index is 4.62. The van der Waals surface area contributed by atoms with Crippen LogP contribution in [0.5, 0.6) is 0 Å². The van der Waals surface area contributed by atoms with E-state index in [1.54, 1.807) is 0 Å². The summed E-state index contributed by atoms with van der Waals surface area (Å²) >= 11 is 1.95. The third-order valence-corrected chi connectivity index (χ3v) is 4.49. The van der Waals surface area contributed by atoms with Crippen LogP contribution in [0.25, 0.3) is 0 Å². The van der Waals surface area contributed by atoms with Crippen LogP contribution >= 0.6 is 11.8 Å². The highest BCUT2D eigenvalue weighted by molar-refractivity contribution is 8.14. The summed E-state index contributed by atoms with van der Waals surface area (Å²) in [7, 11) is 0. The minimum Gasteiger partial charge on any atom is -0.362 e. The van der Waals surface area contributed by atoms with Gasteiger partial charge in [0, 0.05) is 11.3 Å². The first-order valence-electron chi connectivity index (χ1n) is 6.24. The third-order valence-electron chi connectivity index (χ3n) is 3.37.